The predicted octanol–water partition coefficient (Wildman–Crippen LogP) is 4.76. The lowest BCUT2D eigenvalue weighted by molar-refractivity contribution is 0.383. The molecule has 0 radical (unpaired) electrons. The molecule has 0 bridgehead atoms. The van der Waals surface area contributed by atoms with Gasteiger partial charge in [-0.3, -0.25) is 0 Å². The number of thioether (sulfide) groups is 1. The third kappa shape index (κ3) is 3.80. The second-order valence-electron chi connectivity index (χ2n) is 4.78. The van der Waals surface area contributed by atoms with Gasteiger partial charge in [0.1, 0.15) is 0 Å². The number of halogens is 2. The summed E-state index contributed by atoms with van der Waals surface area (Å²) in [6.07, 6.45) is 7.51. The molecule has 100 valence electrons. The van der Waals surface area contributed by atoms with Crippen LogP contribution in [-0.2, 0) is 6.54 Å². The van der Waals surface area contributed by atoms with Crippen molar-refractivity contribution in [2.24, 2.45) is 0 Å². The van der Waals surface area contributed by atoms with Crippen molar-refractivity contribution in [3.8, 4) is 0 Å². The van der Waals surface area contributed by atoms with E-state index < -0.39 is 0 Å². The van der Waals surface area contributed by atoms with E-state index in [-0.39, 0.29) is 0 Å². The molecule has 0 heterocycles. The monoisotopic (exact) mass is 303 g/mol. The van der Waals surface area contributed by atoms with Crippen LogP contribution in [0.4, 0.5) is 0 Å². The van der Waals surface area contributed by atoms with Gasteiger partial charge in [-0.1, -0.05) is 42.1 Å². The summed E-state index contributed by atoms with van der Waals surface area (Å²) in [7, 11) is 0. The molecule has 1 aliphatic rings. The summed E-state index contributed by atoms with van der Waals surface area (Å²) in [4.78, 5) is 0. The van der Waals surface area contributed by atoms with Crippen molar-refractivity contribution in [2.45, 2.75) is 43.5 Å². The summed E-state index contributed by atoms with van der Waals surface area (Å²) in [5.74, 6) is 0. The van der Waals surface area contributed by atoms with Crippen LogP contribution in [0.3, 0.4) is 0 Å². The molecule has 0 amide bonds. The Kier molecular flexibility index (Phi) is 5.68. The average molecular weight is 304 g/mol. The molecule has 2 rings (SSSR count). The van der Waals surface area contributed by atoms with Gasteiger partial charge in [0, 0.05) is 27.9 Å². The lowest BCUT2D eigenvalue weighted by Crippen LogP contribution is -2.39. The molecule has 1 aromatic carbocycles. The SMILES string of the molecule is CSC1CCCCC1NCc1ccc(Cl)cc1Cl. The van der Waals surface area contributed by atoms with Crippen LogP contribution in [0.2, 0.25) is 10.0 Å². The third-order valence-corrected chi connectivity index (χ3v) is 5.33. The van der Waals surface area contributed by atoms with Gasteiger partial charge in [-0.05, 0) is 36.8 Å². The molecule has 2 unspecified atom stereocenters. The maximum atomic E-state index is 6.19. The number of nitrogens with one attached hydrogen (secondary N) is 1. The Hall–Kier alpha value is 0.110. The van der Waals surface area contributed by atoms with Crippen molar-refractivity contribution < 1.29 is 0 Å². The number of hydrogen-bond donors (Lipinski definition) is 1. The van der Waals surface area contributed by atoms with Crippen LogP contribution in [0.1, 0.15) is 31.2 Å². The fourth-order valence-corrected chi connectivity index (χ4v) is 3.96. The van der Waals surface area contributed by atoms with Crippen LogP contribution in [-0.4, -0.2) is 17.5 Å². The van der Waals surface area contributed by atoms with E-state index in [1.165, 1.54) is 25.7 Å². The zero-order valence-electron chi connectivity index (χ0n) is 10.6. The molecule has 1 aliphatic carbocycles. The Labute approximate surface area is 124 Å². The smallest absolute Gasteiger partial charge is 0.0465 e. The molecule has 0 spiro atoms. The zero-order valence-corrected chi connectivity index (χ0v) is 12.9. The van der Waals surface area contributed by atoms with Crippen LogP contribution < -0.4 is 5.32 Å². The Balaban J connectivity index is 1.93. The van der Waals surface area contributed by atoms with E-state index in [2.05, 4.69) is 11.6 Å². The molecule has 1 nitrogen and oxygen atoms in total. The van der Waals surface area contributed by atoms with Crippen molar-refractivity contribution in [1.82, 2.24) is 5.32 Å². The van der Waals surface area contributed by atoms with Gasteiger partial charge in [-0.2, -0.15) is 11.8 Å². The molecule has 0 aromatic heterocycles. The Bertz CT molecular complexity index is 397. The van der Waals surface area contributed by atoms with Gasteiger partial charge in [-0.15, -0.1) is 0 Å². The van der Waals surface area contributed by atoms with E-state index >= 15 is 0 Å². The highest BCUT2D eigenvalue weighted by atomic mass is 35.5. The topological polar surface area (TPSA) is 12.0 Å². The highest BCUT2D eigenvalue weighted by molar-refractivity contribution is 7.99. The van der Waals surface area contributed by atoms with E-state index in [4.69, 9.17) is 23.2 Å². The van der Waals surface area contributed by atoms with E-state index in [0.29, 0.717) is 11.1 Å². The summed E-state index contributed by atoms with van der Waals surface area (Å²) >= 11 is 14.1. The minimum atomic E-state index is 0.612. The van der Waals surface area contributed by atoms with Crippen molar-refractivity contribution in [1.29, 1.82) is 0 Å². The van der Waals surface area contributed by atoms with Gasteiger partial charge in [0.05, 0.1) is 0 Å². The molecule has 1 aromatic rings. The molecule has 0 saturated heterocycles. The summed E-state index contributed by atoms with van der Waals surface area (Å²) in [6.45, 7) is 0.831. The van der Waals surface area contributed by atoms with Crippen molar-refractivity contribution >= 4 is 35.0 Å². The summed E-state index contributed by atoms with van der Waals surface area (Å²) < 4.78 is 0. The van der Waals surface area contributed by atoms with Crippen LogP contribution in [0.25, 0.3) is 0 Å². The average Bonchev–Trinajstić information content (AvgIpc) is 2.38. The Morgan fingerprint density at radius 2 is 2.06 bits per heavy atom. The minimum absolute atomic E-state index is 0.612. The number of rotatable bonds is 4. The van der Waals surface area contributed by atoms with Crippen LogP contribution >= 0.6 is 35.0 Å². The first-order chi connectivity index (χ1) is 8.70. The van der Waals surface area contributed by atoms with Crippen LogP contribution in [0.15, 0.2) is 18.2 Å². The maximum Gasteiger partial charge on any atom is 0.0465 e. The van der Waals surface area contributed by atoms with Gasteiger partial charge >= 0.3 is 0 Å². The normalized spacial score (nSPS) is 24.2. The fourth-order valence-electron chi connectivity index (χ4n) is 2.52. The first-order valence-corrected chi connectivity index (χ1v) is 8.45. The highest BCUT2D eigenvalue weighted by Gasteiger charge is 2.23. The number of benzene rings is 1. The third-order valence-electron chi connectivity index (χ3n) is 3.58. The zero-order chi connectivity index (χ0) is 13.0. The lowest BCUT2D eigenvalue weighted by atomic mass is 9.94. The van der Waals surface area contributed by atoms with Crippen molar-refractivity contribution in [2.75, 3.05) is 6.26 Å². The molecule has 1 N–H and O–H groups in total. The molecule has 1 fully saturated rings. The molecule has 18 heavy (non-hydrogen) atoms. The van der Waals surface area contributed by atoms with E-state index in [9.17, 15) is 0 Å². The summed E-state index contributed by atoms with van der Waals surface area (Å²) in [5.41, 5.74) is 1.13. The van der Waals surface area contributed by atoms with Gasteiger partial charge in [0.2, 0.25) is 0 Å². The molecule has 1 saturated carbocycles. The number of hydrogen-bond acceptors (Lipinski definition) is 2. The van der Waals surface area contributed by atoms with Gasteiger partial charge < -0.3 is 5.32 Å². The second-order valence-corrected chi connectivity index (χ2v) is 6.70. The summed E-state index contributed by atoms with van der Waals surface area (Å²) in [6, 6.07) is 6.33. The lowest BCUT2D eigenvalue weighted by Gasteiger charge is -2.31. The standard InChI is InChI=1S/C14H19Cl2NS/c1-18-14-5-3-2-4-13(14)17-9-10-6-7-11(15)8-12(10)16/h6-8,13-14,17H,2-5,9H2,1H3. The minimum Gasteiger partial charge on any atom is -0.309 e. The van der Waals surface area contributed by atoms with E-state index in [1.54, 1.807) is 0 Å². The van der Waals surface area contributed by atoms with Gasteiger partial charge in [0.15, 0.2) is 0 Å². The van der Waals surface area contributed by atoms with Gasteiger partial charge in [-0.25, -0.2) is 0 Å². The largest absolute Gasteiger partial charge is 0.309 e. The maximum absolute atomic E-state index is 6.19. The molecule has 4 heteroatoms. The van der Waals surface area contributed by atoms with E-state index in [0.717, 1.165) is 22.4 Å². The van der Waals surface area contributed by atoms with Gasteiger partial charge in [0.25, 0.3) is 0 Å². The Morgan fingerprint density at radius 1 is 1.28 bits per heavy atom. The second kappa shape index (κ2) is 7.04. The molecular formula is C14H19Cl2NS. The van der Waals surface area contributed by atoms with Crippen LogP contribution in [0.5, 0.6) is 0 Å². The predicted molar refractivity (Wildman–Crippen MR) is 82.9 cm³/mol. The molecular weight excluding hydrogens is 285 g/mol. The van der Waals surface area contributed by atoms with E-state index in [1.807, 2.05) is 30.0 Å². The quantitative estimate of drug-likeness (QED) is 0.861. The fraction of sp³-hybridized carbons (Fsp3) is 0.571. The van der Waals surface area contributed by atoms with Crippen molar-refractivity contribution in [3.05, 3.63) is 33.8 Å². The van der Waals surface area contributed by atoms with Crippen LogP contribution in [0, 0.1) is 0 Å². The summed E-state index contributed by atoms with van der Waals surface area (Å²) in [5, 5.41) is 5.85. The highest BCUT2D eigenvalue weighted by Crippen LogP contribution is 2.28. The molecule has 2 atom stereocenters. The van der Waals surface area contributed by atoms with Crippen molar-refractivity contribution in [3.63, 3.8) is 0 Å². The first kappa shape index (κ1) is 14.5. The Morgan fingerprint density at radius 3 is 2.78 bits per heavy atom. The first-order valence-electron chi connectivity index (χ1n) is 6.41. The molecule has 0 aliphatic heterocycles.